The molecule has 35 heavy (non-hydrogen) atoms. The van der Waals surface area contributed by atoms with Crippen LogP contribution in [0.5, 0.6) is 0 Å². The number of ketones is 1. The molecule has 0 bridgehead atoms. The van der Waals surface area contributed by atoms with Gasteiger partial charge in [0.15, 0.2) is 5.78 Å². The van der Waals surface area contributed by atoms with Gasteiger partial charge in [-0.1, -0.05) is 37.3 Å². The summed E-state index contributed by atoms with van der Waals surface area (Å²) in [5, 5.41) is 3.25. The third kappa shape index (κ3) is 5.06. The van der Waals surface area contributed by atoms with Crippen LogP contribution in [0.3, 0.4) is 0 Å². The minimum atomic E-state index is -3.77. The van der Waals surface area contributed by atoms with Crippen molar-refractivity contribution in [2.24, 2.45) is 7.05 Å². The molecule has 1 unspecified atom stereocenters. The molecule has 0 saturated carbocycles. The van der Waals surface area contributed by atoms with Gasteiger partial charge in [-0.15, -0.1) is 0 Å². The van der Waals surface area contributed by atoms with Gasteiger partial charge in [-0.25, -0.2) is 17.2 Å². The van der Waals surface area contributed by atoms with E-state index < -0.39 is 32.8 Å². The number of sulfonamides is 1. The molecule has 0 spiro atoms. The van der Waals surface area contributed by atoms with E-state index in [4.69, 9.17) is 0 Å². The summed E-state index contributed by atoms with van der Waals surface area (Å²) in [6.45, 7) is 3.19. The van der Waals surface area contributed by atoms with E-state index in [9.17, 15) is 13.2 Å². The number of carbonyl (C=O) groups excluding carboxylic acids is 1. The molecule has 1 aliphatic heterocycles. The van der Waals surface area contributed by atoms with Crippen LogP contribution in [0.1, 0.15) is 71.5 Å². The third-order valence-corrected chi connectivity index (χ3v) is 9.19. The summed E-state index contributed by atoms with van der Waals surface area (Å²) >= 11 is 0. The zero-order valence-corrected chi connectivity index (χ0v) is 20.8. The molecule has 6 nitrogen and oxygen atoms in total. The average molecular weight is 502 g/mol. The van der Waals surface area contributed by atoms with Crippen molar-refractivity contribution in [3.63, 3.8) is 0 Å². The molecule has 9 heteroatoms. The summed E-state index contributed by atoms with van der Waals surface area (Å²) in [4.78, 5) is 12.5. The van der Waals surface area contributed by atoms with Crippen LogP contribution < -0.4 is 0 Å². The molecule has 1 fully saturated rings. The van der Waals surface area contributed by atoms with Crippen LogP contribution in [0, 0.1) is 11.6 Å². The van der Waals surface area contributed by atoms with E-state index in [1.54, 1.807) is 51.2 Å². The lowest BCUT2D eigenvalue weighted by molar-refractivity contribution is 0.0966. The smallest absolute Gasteiger partial charge is 0.221 e. The van der Waals surface area contributed by atoms with Crippen molar-refractivity contribution < 1.29 is 22.0 Å². The minimum absolute atomic E-state index is 0.00840. The highest BCUT2D eigenvalue weighted by Gasteiger charge is 2.40. The number of carbonyl (C=O) groups is 1. The maximum absolute atomic E-state index is 15.1. The first kappa shape index (κ1) is 25.2. The molecule has 0 amide bonds. The van der Waals surface area contributed by atoms with Crippen LogP contribution in [0.2, 0.25) is 0 Å². The second-order valence-electron chi connectivity index (χ2n) is 9.25. The van der Waals surface area contributed by atoms with Crippen molar-refractivity contribution in [2.45, 2.75) is 56.9 Å². The predicted octanol–water partition coefficient (Wildman–Crippen LogP) is 5.13. The van der Waals surface area contributed by atoms with Gasteiger partial charge in [-0.05, 0) is 55.0 Å². The Morgan fingerprint density at radius 1 is 1.11 bits per heavy atom. The lowest BCUT2D eigenvalue weighted by Crippen LogP contribution is -2.44. The normalized spacial score (nSPS) is 21.1. The fourth-order valence-electron chi connectivity index (χ4n) is 4.76. The van der Waals surface area contributed by atoms with Crippen molar-refractivity contribution in [1.29, 1.82) is 0 Å². The summed E-state index contributed by atoms with van der Waals surface area (Å²) in [5.41, 5.74) is 1.14. The number of rotatable bonds is 7. The van der Waals surface area contributed by atoms with Gasteiger partial charge >= 0.3 is 0 Å². The standard InChI is InChI=1S/C26H29F2N3O3S/c1-17(13-25(32)24-11-12-29-30(24)3)21-15-22(27)20(14-23(21)28)16-31-18(2)9-10-26(35(31,33)34)19-7-5-4-6-8-19/h4-8,11-12,14-15,17-18,26H,9-10,13,16H2,1-3H3/t17?,18-,26+/m1/s1. The lowest BCUT2D eigenvalue weighted by atomic mass is 9.93. The van der Waals surface area contributed by atoms with Crippen LogP contribution in [0.4, 0.5) is 8.78 Å². The molecule has 2 aromatic carbocycles. The number of hydrogen-bond donors (Lipinski definition) is 0. The molecule has 1 aliphatic rings. The highest BCUT2D eigenvalue weighted by molar-refractivity contribution is 7.89. The Morgan fingerprint density at radius 2 is 1.83 bits per heavy atom. The molecule has 3 atom stereocenters. The second kappa shape index (κ2) is 9.99. The Morgan fingerprint density at radius 3 is 2.49 bits per heavy atom. The topological polar surface area (TPSA) is 72.3 Å². The maximum Gasteiger partial charge on any atom is 0.221 e. The van der Waals surface area contributed by atoms with Crippen molar-refractivity contribution >= 4 is 15.8 Å². The number of benzene rings is 2. The van der Waals surface area contributed by atoms with Crippen molar-refractivity contribution in [3.05, 3.63) is 88.7 Å². The Bertz CT molecular complexity index is 1320. The summed E-state index contributed by atoms with van der Waals surface area (Å²) in [6.07, 6.45) is 2.59. The number of hydrogen-bond acceptors (Lipinski definition) is 4. The van der Waals surface area contributed by atoms with Crippen LogP contribution in [0.25, 0.3) is 0 Å². The molecular weight excluding hydrogens is 472 g/mol. The van der Waals surface area contributed by atoms with Crippen LogP contribution >= 0.6 is 0 Å². The van der Waals surface area contributed by atoms with E-state index >= 15 is 8.78 Å². The van der Waals surface area contributed by atoms with Gasteiger partial charge in [-0.3, -0.25) is 9.48 Å². The van der Waals surface area contributed by atoms with Crippen molar-refractivity contribution in [3.8, 4) is 0 Å². The van der Waals surface area contributed by atoms with E-state index in [1.807, 2.05) is 6.07 Å². The predicted molar refractivity (Wildman–Crippen MR) is 129 cm³/mol. The molecule has 3 aromatic rings. The number of aryl methyl sites for hydroxylation is 1. The van der Waals surface area contributed by atoms with Gasteiger partial charge in [0.1, 0.15) is 22.6 Å². The number of halogens is 2. The largest absolute Gasteiger partial charge is 0.292 e. The summed E-state index contributed by atoms with van der Waals surface area (Å²) in [7, 11) is -2.13. The SMILES string of the molecule is CC(CC(=O)c1ccnn1C)c1cc(F)c(CN2[C@H](C)CC[C@@H](c3ccccc3)S2(=O)=O)cc1F. The summed E-state index contributed by atoms with van der Waals surface area (Å²) in [5.74, 6) is -2.14. The summed E-state index contributed by atoms with van der Waals surface area (Å²) < 4.78 is 59.8. The van der Waals surface area contributed by atoms with E-state index in [0.717, 1.165) is 12.1 Å². The Balaban J connectivity index is 1.56. The Kier molecular flexibility index (Phi) is 7.19. The fraction of sp³-hybridized carbons (Fsp3) is 0.385. The molecule has 0 radical (unpaired) electrons. The summed E-state index contributed by atoms with van der Waals surface area (Å²) in [6, 6.07) is 12.4. The van der Waals surface area contributed by atoms with Gasteiger partial charge in [0.2, 0.25) is 10.0 Å². The van der Waals surface area contributed by atoms with Crippen LogP contribution in [-0.4, -0.2) is 34.3 Å². The zero-order chi connectivity index (χ0) is 25.3. The minimum Gasteiger partial charge on any atom is -0.292 e. The maximum atomic E-state index is 15.1. The highest BCUT2D eigenvalue weighted by Crippen LogP contribution is 2.38. The Labute approximate surface area is 204 Å². The van der Waals surface area contributed by atoms with E-state index in [-0.39, 0.29) is 35.9 Å². The van der Waals surface area contributed by atoms with Gasteiger partial charge < -0.3 is 0 Å². The molecule has 2 heterocycles. The second-order valence-corrected chi connectivity index (χ2v) is 11.3. The van der Waals surface area contributed by atoms with Gasteiger partial charge in [0.05, 0.1) is 0 Å². The zero-order valence-electron chi connectivity index (χ0n) is 20.0. The number of nitrogens with zero attached hydrogens (tertiary/aromatic N) is 3. The molecular formula is C26H29F2N3O3S. The van der Waals surface area contributed by atoms with Crippen molar-refractivity contribution in [1.82, 2.24) is 14.1 Å². The molecule has 0 aliphatic carbocycles. The first-order valence-corrected chi connectivity index (χ1v) is 13.1. The molecule has 1 saturated heterocycles. The third-order valence-electron chi connectivity index (χ3n) is 6.82. The lowest BCUT2D eigenvalue weighted by Gasteiger charge is -2.37. The molecule has 0 N–H and O–H groups in total. The first-order chi connectivity index (χ1) is 16.6. The van der Waals surface area contributed by atoms with Gasteiger partial charge in [-0.2, -0.15) is 9.40 Å². The van der Waals surface area contributed by atoms with E-state index in [1.165, 1.54) is 15.2 Å². The molecule has 4 rings (SSSR count). The highest BCUT2D eigenvalue weighted by atomic mass is 32.2. The molecule has 1 aromatic heterocycles. The van der Waals surface area contributed by atoms with Crippen LogP contribution in [-0.2, 0) is 23.6 Å². The number of aromatic nitrogens is 2. The fourth-order valence-corrected chi connectivity index (χ4v) is 6.95. The van der Waals surface area contributed by atoms with E-state index in [2.05, 4.69) is 5.10 Å². The van der Waals surface area contributed by atoms with Crippen LogP contribution in [0.15, 0.2) is 54.7 Å². The quantitative estimate of drug-likeness (QED) is 0.421. The van der Waals surface area contributed by atoms with Gasteiger partial charge in [0, 0.05) is 37.8 Å². The van der Waals surface area contributed by atoms with Gasteiger partial charge in [0.25, 0.3) is 0 Å². The van der Waals surface area contributed by atoms with E-state index in [0.29, 0.717) is 24.1 Å². The monoisotopic (exact) mass is 501 g/mol. The molecule has 186 valence electrons. The number of Topliss-reactive ketones (excluding diaryl/α,β-unsaturated/α-hetero) is 1. The average Bonchev–Trinajstić information content (AvgIpc) is 3.24. The van der Waals surface area contributed by atoms with Crippen molar-refractivity contribution in [2.75, 3.05) is 0 Å². The first-order valence-electron chi connectivity index (χ1n) is 11.6. The Hall–Kier alpha value is -2.91.